The first-order valence-corrected chi connectivity index (χ1v) is 4.39. The lowest BCUT2D eigenvalue weighted by Gasteiger charge is -2.12. The van der Waals surface area contributed by atoms with E-state index in [0.717, 1.165) is 4.68 Å². The van der Waals surface area contributed by atoms with Crippen molar-refractivity contribution in [3.63, 3.8) is 0 Å². The molecule has 0 radical (unpaired) electrons. The highest BCUT2D eigenvalue weighted by molar-refractivity contribution is 9.10. The molecule has 0 fully saturated rings. The molecule has 0 bridgehead atoms. The van der Waals surface area contributed by atoms with Crippen LogP contribution in [0.2, 0.25) is 5.28 Å². The normalized spacial score (nSPS) is 11.7. The molecule has 66 valence electrons. The molecule has 0 spiro atoms. The molecule has 1 aromatic heterocycles. The van der Waals surface area contributed by atoms with E-state index in [4.69, 9.17) is 11.6 Å². The van der Waals surface area contributed by atoms with Crippen molar-refractivity contribution >= 4 is 33.4 Å². The van der Waals surface area contributed by atoms with Crippen molar-refractivity contribution < 1.29 is 4.79 Å². The maximum absolute atomic E-state index is 11.4. The number of carbonyl (C=O) groups excluding carboxylic acids is 1. The van der Waals surface area contributed by atoms with Crippen molar-refractivity contribution in [1.82, 2.24) is 14.8 Å². The van der Waals surface area contributed by atoms with Crippen LogP contribution in [0.3, 0.4) is 0 Å². The van der Waals surface area contributed by atoms with Crippen LogP contribution in [0.5, 0.6) is 0 Å². The van der Waals surface area contributed by atoms with Crippen LogP contribution in [0.15, 0.2) is 6.33 Å². The number of nitrogens with zero attached hydrogens (tertiary/aromatic N) is 3. The van der Waals surface area contributed by atoms with Crippen LogP contribution in [-0.2, 0) is 0 Å². The minimum atomic E-state index is -0.649. The summed E-state index contributed by atoms with van der Waals surface area (Å²) >= 11 is 8.65. The SMILES string of the molecule is CC(C)(Br)C(=O)n1cnc(Cl)n1. The molecule has 0 saturated carbocycles. The average Bonchev–Trinajstić information content (AvgIpc) is 2.32. The average molecular weight is 252 g/mol. The lowest BCUT2D eigenvalue weighted by Crippen LogP contribution is -2.30. The Bertz CT molecular complexity index is 304. The van der Waals surface area contributed by atoms with Crippen molar-refractivity contribution in [2.75, 3.05) is 0 Å². The van der Waals surface area contributed by atoms with Gasteiger partial charge in [0.05, 0.1) is 0 Å². The van der Waals surface area contributed by atoms with Gasteiger partial charge in [-0.25, -0.2) is 4.98 Å². The lowest BCUT2D eigenvalue weighted by atomic mass is 10.2. The molecule has 0 unspecified atom stereocenters. The Hall–Kier alpha value is -0.420. The summed E-state index contributed by atoms with van der Waals surface area (Å²) in [5.41, 5.74) is 0. The van der Waals surface area contributed by atoms with Gasteiger partial charge in [-0.2, -0.15) is 4.68 Å². The zero-order valence-electron chi connectivity index (χ0n) is 6.58. The van der Waals surface area contributed by atoms with Gasteiger partial charge in [-0.3, -0.25) is 4.79 Å². The van der Waals surface area contributed by atoms with Crippen LogP contribution in [0, 0.1) is 0 Å². The van der Waals surface area contributed by atoms with Crippen LogP contribution < -0.4 is 0 Å². The summed E-state index contributed by atoms with van der Waals surface area (Å²) in [6.07, 6.45) is 1.29. The van der Waals surface area contributed by atoms with E-state index in [9.17, 15) is 4.79 Å². The number of halogens is 2. The molecule has 0 amide bonds. The predicted octanol–water partition coefficient (Wildman–Crippen LogP) is 1.75. The molecule has 12 heavy (non-hydrogen) atoms. The summed E-state index contributed by atoms with van der Waals surface area (Å²) in [7, 11) is 0. The van der Waals surface area contributed by atoms with Gasteiger partial charge < -0.3 is 0 Å². The van der Waals surface area contributed by atoms with E-state index in [-0.39, 0.29) is 11.2 Å². The minimum absolute atomic E-state index is 0.0695. The Labute approximate surface area is 83.1 Å². The molecule has 0 saturated heterocycles. The third-order valence-corrected chi connectivity index (χ3v) is 1.69. The third-order valence-electron chi connectivity index (χ3n) is 1.18. The van der Waals surface area contributed by atoms with Crippen LogP contribution in [0.25, 0.3) is 0 Å². The largest absolute Gasteiger partial charge is 0.271 e. The molecule has 1 heterocycles. The van der Waals surface area contributed by atoms with Gasteiger partial charge in [-0.1, -0.05) is 15.9 Å². The van der Waals surface area contributed by atoms with Gasteiger partial charge in [0.2, 0.25) is 5.28 Å². The van der Waals surface area contributed by atoms with Crippen molar-refractivity contribution in [3.05, 3.63) is 11.6 Å². The van der Waals surface area contributed by atoms with Crippen LogP contribution >= 0.6 is 27.5 Å². The fraction of sp³-hybridized carbons (Fsp3) is 0.500. The molecule has 4 nitrogen and oxygen atoms in total. The molecule has 0 aliphatic heterocycles. The van der Waals surface area contributed by atoms with Gasteiger partial charge in [-0.05, 0) is 25.4 Å². The van der Waals surface area contributed by atoms with Gasteiger partial charge in [0, 0.05) is 0 Å². The van der Waals surface area contributed by atoms with Gasteiger partial charge >= 0.3 is 0 Å². The first-order chi connectivity index (χ1) is 5.41. The fourth-order valence-electron chi connectivity index (χ4n) is 0.613. The Morgan fingerprint density at radius 2 is 2.33 bits per heavy atom. The predicted molar refractivity (Wildman–Crippen MR) is 48.7 cm³/mol. The quantitative estimate of drug-likeness (QED) is 0.715. The Balaban J connectivity index is 2.93. The number of rotatable bonds is 1. The number of carbonyl (C=O) groups is 1. The van der Waals surface area contributed by atoms with Gasteiger partial charge in [0.15, 0.2) is 0 Å². The molecule has 6 heteroatoms. The van der Waals surface area contributed by atoms with E-state index < -0.39 is 4.32 Å². The second-order valence-electron chi connectivity index (χ2n) is 2.74. The first-order valence-electron chi connectivity index (χ1n) is 3.22. The van der Waals surface area contributed by atoms with E-state index in [1.54, 1.807) is 13.8 Å². The van der Waals surface area contributed by atoms with Gasteiger partial charge in [-0.15, -0.1) is 5.10 Å². The van der Waals surface area contributed by atoms with Crippen molar-refractivity contribution in [2.45, 2.75) is 18.2 Å². The van der Waals surface area contributed by atoms with Crippen LogP contribution in [-0.4, -0.2) is 25.0 Å². The van der Waals surface area contributed by atoms with E-state index >= 15 is 0 Å². The number of hydrogen-bond donors (Lipinski definition) is 0. The summed E-state index contributed by atoms with van der Waals surface area (Å²) in [6, 6.07) is 0. The highest BCUT2D eigenvalue weighted by Gasteiger charge is 2.26. The van der Waals surface area contributed by atoms with E-state index in [0.29, 0.717) is 0 Å². The number of aromatic nitrogens is 3. The fourth-order valence-corrected chi connectivity index (χ4v) is 0.920. The maximum Gasteiger partial charge on any atom is 0.264 e. The topological polar surface area (TPSA) is 47.8 Å². The summed E-state index contributed by atoms with van der Waals surface area (Å²) in [6.45, 7) is 3.45. The monoisotopic (exact) mass is 251 g/mol. The summed E-state index contributed by atoms with van der Waals surface area (Å²) in [5.74, 6) is -0.207. The van der Waals surface area contributed by atoms with E-state index in [2.05, 4.69) is 26.0 Å². The third kappa shape index (κ3) is 2.04. The van der Waals surface area contributed by atoms with Gasteiger partial charge in [0.25, 0.3) is 5.91 Å². The van der Waals surface area contributed by atoms with Crippen molar-refractivity contribution in [2.24, 2.45) is 0 Å². The molecule has 1 rings (SSSR count). The molecule has 0 aromatic carbocycles. The van der Waals surface area contributed by atoms with Crippen molar-refractivity contribution in [3.8, 4) is 0 Å². The molecular weight excluding hydrogens is 245 g/mol. The second-order valence-corrected chi connectivity index (χ2v) is 5.06. The van der Waals surface area contributed by atoms with Crippen LogP contribution in [0.4, 0.5) is 0 Å². The molecule has 1 aromatic rings. The Morgan fingerprint density at radius 3 is 2.67 bits per heavy atom. The van der Waals surface area contributed by atoms with Crippen molar-refractivity contribution in [1.29, 1.82) is 0 Å². The Morgan fingerprint density at radius 1 is 1.75 bits per heavy atom. The summed E-state index contributed by atoms with van der Waals surface area (Å²) < 4.78 is 0.459. The van der Waals surface area contributed by atoms with E-state index in [1.807, 2.05) is 0 Å². The zero-order valence-corrected chi connectivity index (χ0v) is 8.93. The first kappa shape index (κ1) is 9.67. The molecule has 0 atom stereocenters. The number of alkyl halides is 1. The molecular formula is C6H7BrClN3O. The molecule has 0 aliphatic carbocycles. The van der Waals surface area contributed by atoms with Gasteiger partial charge in [0.1, 0.15) is 10.7 Å². The standard InChI is InChI=1S/C6H7BrClN3O/c1-6(2,7)4(12)11-3-9-5(8)10-11/h3H,1-2H3. The number of hydrogen-bond acceptors (Lipinski definition) is 3. The Kier molecular flexibility index (Phi) is 2.53. The summed E-state index contributed by atoms with van der Waals surface area (Å²) in [5, 5.41) is 3.74. The zero-order chi connectivity index (χ0) is 9.35. The molecule has 0 N–H and O–H groups in total. The van der Waals surface area contributed by atoms with Crippen LogP contribution in [0.1, 0.15) is 18.6 Å². The lowest BCUT2D eigenvalue weighted by molar-refractivity contribution is 0.0862. The smallest absolute Gasteiger partial charge is 0.264 e. The maximum atomic E-state index is 11.4. The summed E-state index contributed by atoms with van der Waals surface area (Å²) in [4.78, 5) is 15.1. The minimum Gasteiger partial charge on any atom is -0.271 e. The highest BCUT2D eigenvalue weighted by atomic mass is 79.9. The van der Waals surface area contributed by atoms with E-state index in [1.165, 1.54) is 6.33 Å². The highest BCUT2D eigenvalue weighted by Crippen LogP contribution is 2.17. The second kappa shape index (κ2) is 3.14. The molecule has 0 aliphatic rings.